The van der Waals surface area contributed by atoms with Crippen LogP contribution in [-0.4, -0.2) is 40.9 Å². The number of benzene rings is 2. The summed E-state index contributed by atoms with van der Waals surface area (Å²) >= 11 is 0. The minimum Gasteiger partial charge on any atom is -0.495 e. The molecule has 2 aromatic rings. The smallest absolute Gasteiger partial charge is 0.248 e. The van der Waals surface area contributed by atoms with Crippen LogP contribution in [-0.2, 0) is 19.6 Å². The van der Waals surface area contributed by atoms with Crippen LogP contribution in [0.5, 0.6) is 5.75 Å². The zero-order valence-electron chi connectivity index (χ0n) is 16.7. The van der Waals surface area contributed by atoms with Crippen molar-refractivity contribution >= 4 is 39.3 Å². The summed E-state index contributed by atoms with van der Waals surface area (Å²) in [5.74, 6) is -0.0989. The van der Waals surface area contributed by atoms with Crippen molar-refractivity contribution in [1.82, 2.24) is 4.72 Å². The van der Waals surface area contributed by atoms with Crippen LogP contribution < -0.4 is 19.7 Å². The first-order valence-electron chi connectivity index (χ1n) is 9.35. The van der Waals surface area contributed by atoms with Gasteiger partial charge in [0.1, 0.15) is 10.6 Å². The third-order valence-electron chi connectivity index (χ3n) is 4.67. The number of hydrogen-bond acceptors (Lipinski definition) is 5. The summed E-state index contributed by atoms with van der Waals surface area (Å²) in [6.45, 7) is 0.672. The largest absolute Gasteiger partial charge is 0.495 e. The fourth-order valence-corrected chi connectivity index (χ4v) is 4.07. The van der Waals surface area contributed by atoms with Crippen molar-refractivity contribution in [3.05, 3.63) is 54.1 Å². The first kappa shape index (κ1) is 21.5. The van der Waals surface area contributed by atoms with Crippen LogP contribution in [0.3, 0.4) is 0 Å². The quantitative estimate of drug-likeness (QED) is 0.658. The Labute approximate surface area is 175 Å². The first-order chi connectivity index (χ1) is 14.3. The zero-order valence-corrected chi connectivity index (χ0v) is 17.5. The summed E-state index contributed by atoms with van der Waals surface area (Å²) in [6.07, 6.45) is 4.18. The van der Waals surface area contributed by atoms with E-state index in [1.165, 1.54) is 38.4 Å². The van der Waals surface area contributed by atoms with Gasteiger partial charge in [-0.05, 0) is 55.4 Å². The molecule has 30 heavy (non-hydrogen) atoms. The molecule has 2 N–H and O–H groups in total. The monoisotopic (exact) mass is 429 g/mol. The maximum Gasteiger partial charge on any atom is 0.248 e. The van der Waals surface area contributed by atoms with Gasteiger partial charge in [0.15, 0.2) is 0 Å². The lowest BCUT2D eigenvalue weighted by atomic mass is 10.2. The van der Waals surface area contributed by atoms with Gasteiger partial charge in [-0.15, -0.1) is 0 Å². The number of rotatable bonds is 7. The second kappa shape index (κ2) is 9.10. The lowest BCUT2D eigenvalue weighted by molar-refractivity contribution is -0.117. The van der Waals surface area contributed by atoms with Gasteiger partial charge in [-0.25, -0.2) is 13.1 Å². The lowest BCUT2D eigenvalue weighted by Crippen LogP contribution is -2.23. The van der Waals surface area contributed by atoms with Crippen LogP contribution in [0.2, 0.25) is 0 Å². The van der Waals surface area contributed by atoms with Gasteiger partial charge in [0.05, 0.1) is 7.11 Å². The number of anilines is 2. The molecule has 2 amide bonds. The van der Waals surface area contributed by atoms with Crippen LogP contribution in [0.4, 0.5) is 11.4 Å². The van der Waals surface area contributed by atoms with Gasteiger partial charge in [-0.1, -0.05) is 12.1 Å². The van der Waals surface area contributed by atoms with Gasteiger partial charge >= 0.3 is 0 Å². The first-order valence-corrected chi connectivity index (χ1v) is 10.8. The number of carbonyl (C=O) groups is 2. The minimum atomic E-state index is -3.71. The molecule has 0 atom stereocenters. The van der Waals surface area contributed by atoms with Crippen LogP contribution in [0, 0.1) is 0 Å². The van der Waals surface area contributed by atoms with E-state index in [4.69, 9.17) is 4.74 Å². The molecule has 1 saturated heterocycles. The molecule has 1 aliphatic rings. The normalized spacial score (nSPS) is 14.3. The van der Waals surface area contributed by atoms with Crippen molar-refractivity contribution < 1.29 is 22.7 Å². The molecule has 0 radical (unpaired) electrons. The predicted molar refractivity (Wildman–Crippen MR) is 115 cm³/mol. The molecule has 0 spiro atoms. The van der Waals surface area contributed by atoms with E-state index in [9.17, 15) is 18.0 Å². The highest BCUT2D eigenvalue weighted by Gasteiger charge is 2.21. The molecular weight excluding hydrogens is 406 g/mol. The molecule has 0 aromatic heterocycles. The van der Waals surface area contributed by atoms with Crippen LogP contribution in [0.25, 0.3) is 6.08 Å². The number of hydrogen-bond donors (Lipinski definition) is 2. The number of nitrogens with zero attached hydrogens (tertiary/aromatic N) is 1. The highest BCUT2D eigenvalue weighted by molar-refractivity contribution is 7.89. The topological polar surface area (TPSA) is 105 Å². The number of methoxy groups -OCH3 is 1. The average Bonchev–Trinajstić information content (AvgIpc) is 3.18. The van der Waals surface area contributed by atoms with Gasteiger partial charge < -0.3 is 15.0 Å². The molecule has 0 unspecified atom stereocenters. The van der Waals surface area contributed by atoms with E-state index >= 15 is 0 Å². The molecule has 1 fully saturated rings. The van der Waals surface area contributed by atoms with Gasteiger partial charge in [0.2, 0.25) is 21.8 Å². The highest BCUT2D eigenvalue weighted by Crippen LogP contribution is 2.26. The van der Waals surface area contributed by atoms with Gasteiger partial charge in [0, 0.05) is 30.4 Å². The molecule has 1 aliphatic heterocycles. The van der Waals surface area contributed by atoms with E-state index in [1.54, 1.807) is 29.2 Å². The van der Waals surface area contributed by atoms with Crippen molar-refractivity contribution in [3.63, 3.8) is 0 Å². The molecule has 2 aromatic carbocycles. The Morgan fingerprint density at radius 3 is 2.67 bits per heavy atom. The third-order valence-corrected chi connectivity index (χ3v) is 6.11. The summed E-state index contributed by atoms with van der Waals surface area (Å²) < 4.78 is 31.7. The number of ether oxygens (including phenoxy) is 1. The predicted octanol–water partition coefficient (Wildman–Crippen LogP) is 2.38. The number of carbonyl (C=O) groups excluding carboxylic acids is 2. The van der Waals surface area contributed by atoms with E-state index in [0.29, 0.717) is 24.2 Å². The van der Waals surface area contributed by atoms with Gasteiger partial charge in [0.25, 0.3) is 0 Å². The van der Waals surface area contributed by atoms with Crippen molar-refractivity contribution in [2.24, 2.45) is 0 Å². The molecule has 0 saturated carbocycles. The van der Waals surface area contributed by atoms with Crippen molar-refractivity contribution in [3.8, 4) is 5.75 Å². The Kier molecular flexibility index (Phi) is 6.53. The Bertz CT molecular complexity index is 1100. The molecule has 8 nitrogen and oxygen atoms in total. The molecule has 158 valence electrons. The maximum absolute atomic E-state index is 12.3. The second-order valence-corrected chi connectivity index (χ2v) is 8.49. The van der Waals surface area contributed by atoms with E-state index in [1.807, 2.05) is 6.07 Å². The van der Waals surface area contributed by atoms with Crippen LogP contribution >= 0.6 is 0 Å². The van der Waals surface area contributed by atoms with Gasteiger partial charge in [-0.3, -0.25) is 9.59 Å². The summed E-state index contributed by atoms with van der Waals surface area (Å²) in [7, 11) is -1.01. The molecular formula is C21H23N3O5S. The average molecular weight is 429 g/mol. The Morgan fingerprint density at radius 2 is 2.00 bits per heavy atom. The summed E-state index contributed by atoms with van der Waals surface area (Å²) in [5, 5.41) is 2.75. The Morgan fingerprint density at radius 1 is 1.20 bits per heavy atom. The SMILES string of the molecule is CNS(=O)(=O)c1cc(C=CC(=O)Nc2cccc(N3CCCC3=O)c2)ccc1OC. The Hall–Kier alpha value is -3.17. The number of nitrogens with one attached hydrogen (secondary N) is 2. The van der Waals surface area contributed by atoms with E-state index < -0.39 is 10.0 Å². The summed E-state index contributed by atoms with van der Waals surface area (Å²) in [6, 6.07) is 11.7. The highest BCUT2D eigenvalue weighted by atomic mass is 32.2. The summed E-state index contributed by atoms with van der Waals surface area (Å²) in [5.41, 5.74) is 1.84. The molecule has 1 heterocycles. The maximum atomic E-state index is 12.3. The third kappa shape index (κ3) is 4.87. The van der Waals surface area contributed by atoms with E-state index in [2.05, 4.69) is 10.0 Å². The molecule has 3 rings (SSSR count). The van der Waals surface area contributed by atoms with Gasteiger partial charge in [-0.2, -0.15) is 0 Å². The molecule has 0 bridgehead atoms. The van der Waals surface area contributed by atoms with Crippen molar-refractivity contribution in [2.45, 2.75) is 17.7 Å². The van der Waals surface area contributed by atoms with Crippen molar-refractivity contribution in [2.75, 3.05) is 30.9 Å². The lowest BCUT2D eigenvalue weighted by Gasteiger charge is -2.16. The second-order valence-electron chi connectivity index (χ2n) is 6.64. The van der Waals surface area contributed by atoms with Crippen LogP contribution in [0.1, 0.15) is 18.4 Å². The van der Waals surface area contributed by atoms with Crippen LogP contribution in [0.15, 0.2) is 53.4 Å². The fourth-order valence-electron chi connectivity index (χ4n) is 3.15. The summed E-state index contributed by atoms with van der Waals surface area (Å²) in [4.78, 5) is 25.9. The zero-order chi connectivity index (χ0) is 21.7. The van der Waals surface area contributed by atoms with E-state index in [0.717, 1.165) is 12.1 Å². The standard InChI is InChI=1S/C21H23N3O5S/c1-22-30(27,28)19-13-15(8-10-18(19)29-2)9-11-20(25)23-16-5-3-6-17(14-16)24-12-4-7-21(24)26/h3,5-6,8-11,13-14,22H,4,7,12H2,1-2H3,(H,23,25). The molecule has 9 heteroatoms. The van der Waals surface area contributed by atoms with E-state index in [-0.39, 0.29) is 22.5 Å². The van der Waals surface area contributed by atoms with Crippen molar-refractivity contribution in [1.29, 1.82) is 0 Å². The Balaban J connectivity index is 1.74. The number of sulfonamides is 1. The minimum absolute atomic E-state index is 0.0157. The number of amides is 2. The fraction of sp³-hybridized carbons (Fsp3) is 0.238. The molecule has 0 aliphatic carbocycles.